The summed E-state index contributed by atoms with van der Waals surface area (Å²) in [5.41, 5.74) is 5.88. The van der Waals surface area contributed by atoms with Crippen molar-refractivity contribution in [2.24, 2.45) is 0 Å². The molecule has 0 aromatic heterocycles. The van der Waals surface area contributed by atoms with Crippen LogP contribution < -0.4 is 5.73 Å². The van der Waals surface area contributed by atoms with Crippen LogP contribution in [0.5, 0.6) is 0 Å². The number of sulfone groups is 1. The van der Waals surface area contributed by atoms with Gasteiger partial charge in [-0.3, -0.25) is 0 Å². The van der Waals surface area contributed by atoms with Crippen LogP contribution >= 0.6 is 11.6 Å². The van der Waals surface area contributed by atoms with Gasteiger partial charge >= 0.3 is 0 Å². The van der Waals surface area contributed by atoms with E-state index in [9.17, 15) is 8.42 Å². The van der Waals surface area contributed by atoms with Gasteiger partial charge in [0.2, 0.25) is 0 Å². The van der Waals surface area contributed by atoms with Gasteiger partial charge in [-0.1, -0.05) is 11.6 Å². The van der Waals surface area contributed by atoms with Crippen molar-refractivity contribution >= 4 is 27.1 Å². The van der Waals surface area contributed by atoms with Crippen LogP contribution in [0.3, 0.4) is 0 Å². The predicted molar refractivity (Wildman–Crippen MR) is 70.6 cm³/mol. The van der Waals surface area contributed by atoms with Gasteiger partial charge in [-0.15, -0.1) is 0 Å². The van der Waals surface area contributed by atoms with E-state index in [1.807, 2.05) is 0 Å². The summed E-state index contributed by atoms with van der Waals surface area (Å²) in [5.74, 6) is -0.100. The Labute approximate surface area is 112 Å². The Bertz CT molecular complexity index is 490. The van der Waals surface area contributed by atoms with Gasteiger partial charge in [-0.2, -0.15) is 0 Å². The third kappa shape index (κ3) is 4.45. The molecule has 1 rings (SSSR count). The maximum Gasteiger partial charge on any atom is 0.180 e. The molecule has 1 aromatic rings. The van der Waals surface area contributed by atoms with E-state index < -0.39 is 9.84 Å². The van der Waals surface area contributed by atoms with Crippen LogP contribution in [0.2, 0.25) is 5.02 Å². The number of hydrogen-bond donors (Lipinski definition) is 1. The van der Waals surface area contributed by atoms with Gasteiger partial charge in [-0.05, 0) is 18.2 Å². The summed E-state index contributed by atoms with van der Waals surface area (Å²) in [6.45, 7) is 0.927. The number of hydrogen-bond acceptors (Lipinski definition) is 5. The summed E-state index contributed by atoms with van der Waals surface area (Å²) in [6, 6.07) is 4.26. The van der Waals surface area contributed by atoms with Crippen molar-refractivity contribution in [1.82, 2.24) is 0 Å². The second-order valence-electron chi connectivity index (χ2n) is 3.61. The highest BCUT2D eigenvalue weighted by Gasteiger charge is 2.15. The van der Waals surface area contributed by atoms with Crippen molar-refractivity contribution in [3.63, 3.8) is 0 Å². The van der Waals surface area contributed by atoms with Crippen molar-refractivity contribution in [1.29, 1.82) is 0 Å². The van der Waals surface area contributed by atoms with E-state index in [1.165, 1.54) is 18.2 Å². The molecule has 0 aliphatic heterocycles. The molecule has 0 fully saturated rings. The molecule has 1 aromatic carbocycles. The zero-order valence-corrected chi connectivity index (χ0v) is 11.6. The topological polar surface area (TPSA) is 78.6 Å². The van der Waals surface area contributed by atoms with E-state index in [1.54, 1.807) is 7.11 Å². The Morgan fingerprint density at radius 2 is 2.00 bits per heavy atom. The van der Waals surface area contributed by atoms with E-state index in [2.05, 4.69) is 0 Å². The fraction of sp³-hybridized carbons (Fsp3) is 0.455. The van der Waals surface area contributed by atoms with Gasteiger partial charge in [0.05, 0.1) is 41.2 Å². The lowest BCUT2D eigenvalue weighted by atomic mass is 10.3. The number of ether oxygens (including phenoxy) is 2. The van der Waals surface area contributed by atoms with Gasteiger partial charge in [0, 0.05) is 7.11 Å². The molecule has 0 aliphatic carbocycles. The average Bonchev–Trinajstić information content (AvgIpc) is 2.32. The minimum Gasteiger partial charge on any atom is -0.398 e. The van der Waals surface area contributed by atoms with Crippen LogP contribution in [0.4, 0.5) is 5.69 Å². The minimum absolute atomic E-state index is 0.100. The molecule has 102 valence electrons. The summed E-state index contributed by atoms with van der Waals surface area (Å²) >= 11 is 5.79. The Morgan fingerprint density at radius 1 is 1.28 bits per heavy atom. The molecule has 0 atom stereocenters. The highest BCUT2D eigenvalue weighted by Crippen LogP contribution is 2.23. The smallest absolute Gasteiger partial charge is 0.180 e. The SMILES string of the molecule is COCCOCCS(=O)(=O)c1ccc(N)c(Cl)c1. The molecule has 7 heteroatoms. The summed E-state index contributed by atoms with van der Waals surface area (Å²) in [7, 11) is -1.84. The molecular formula is C11H16ClNO4S. The van der Waals surface area contributed by atoms with E-state index in [0.717, 1.165) is 0 Å². The molecule has 0 spiro atoms. The van der Waals surface area contributed by atoms with Crippen molar-refractivity contribution in [2.45, 2.75) is 4.90 Å². The third-order valence-electron chi connectivity index (χ3n) is 2.26. The molecule has 0 amide bonds. The molecule has 5 nitrogen and oxygen atoms in total. The molecule has 18 heavy (non-hydrogen) atoms. The average molecular weight is 294 g/mol. The lowest BCUT2D eigenvalue weighted by molar-refractivity contribution is 0.0785. The van der Waals surface area contributed by atoms with Crippen molar-refractivity contribution in [2.75, 3.05) is 38.4 Å². The molecule has 0 bridgehead atoms. The zero-order chi connectivity index (χ0) is 13.6. The van der Waals surface area contributed by atoms with Gasteiger partial charge in [0.1, 0.15) is 0 Å². The number of anilines is 1. The van der Waals surface area contributed by atoms with Gasteiger partial charge in [0.25, 0.3) is 0 Å². The first-order valence-electron chi connectivity index (χ1n) is 5.32. The Hall–Kier alpha value is -0.820. The molecule has 0 aliphatic rings. The van der Waals surface area contributed by atoms with Crippen LogP contribution in [0.1, 0.15) is 0 Å². The summed E-state index contributed by atoms with van der Waals surface area (Å²) < 4.78 is 33.7. The third-order valence-corrected chi connectivity index (χ3v) is 4.26. The minimum atomic E-state index is -3.39. The van der Waals surface area contributed by atoms with E-state index in [-0.39, 0.29) is 22.3 Å². The van der Waals surface area contributed by atoms with Crippen molar-refractivity contribution in [3.05, 3.63) is 23.2 Å². The summed E-state index contributed by atoms with van der Waals surface area (Å²) in [4.78, 5) is 0.150. The molecule has 0 heterocycles. The molecule has 0 saturated heterocycles. The first kappa shape index (κ1) is 15.2. The Kier molecular flexibility index (Phi) is 5.87. The van der Waals surface area contributed by atoms with Crippen LogP contribution in [0, 0.1) is 0 Å². The van der Waals surface area contributed by atoms with E-state index >= 15 is 0 Å². The first-order chi connectivity index (χ1) is 8.47. The monoisotopic (exact) mass is 293 g/mol. The largest absolute Gasteiger partial charge is 0.398 e. The maximum atomic E-state index is 11.9. The molecule has 2 N–H and O–H groups in total. The lowest BCUT2D eigenvalue weighted by Crippen LogP contribution is -2.14. The molecule has 0 radical (unpaired) electrons. The van der Waals surface area contributed by atoms with Gasteiger partial charge < -0.3 is 15.2 Å². The van der Waals surface area contributed by atoms with Crippen LogP contribution in [-0.4, -0.2) is 41.1 Å². The van der Waals surface area contributed by atoms with Crippen LogP contribution in [0.25, 0.3) is 0 Å². The number of halogens is 1. The zero-order valence-electron chi connectivity index (χ0n) is 10.1. The second kappa shape index (κ2) is 6.94. The van der Waals surface area contributed by atoms with Gasteiger partial charge in [0.15, 0.2) is 9.84 Å². The van der Waals surface area contributed by atoms with Crippen molar-refractivity contribution in [3.8, 4) is 0 Å². The number of rotatable bonds is 7. The Balaban J connectivity index is 2.60. The summed E-state index contributed by atoms with van der Waals surface area (Å²) in [6.07, 6.45) is 0. The normalized spacial score (nSPS) is 11.7. The standard InChI is InChI=1S/C11H16ClNO4S/c1-16-4-5-17-6-7-18(14,15)9-2-3-11(13)10(12)8-9/h2-3,8H,4-7,13H2,1H3. The number of benzene rings is 1. The van der Waals surface area contributed by atoms with E-state index in [4.69, 9.17) is 26.8 Å². The first-order valence-corrected chi connectivity index (χ1v) is 7.35. The maximum absolute atomic E-state index is 11.9. The fourth-order valence-corrected chi connectivity index (χ4v) is 2.62. The highest BCUT2D eigenvalue weighted by atomic mass is 35.5. The number of nitrogen functional groups attached to an aromatic ring is 1. The van der Waals surface area contributed by atoms with E-state index in [0.29, 0.717) is 18.9 Å². The summed E-state index contributed by atoms with van der Waals surface area (Å²) in [5, 5.41) is 0.233. The Morgan fingerprint density at radius 3 is 2.61 bits per heavy atom. The van der Waals surface area contributed by atoms with Crippen LogP contribution in [-0.2, 0) is 19.3 Å². The lowest BCUT2D eigenvalue weighted by Gasteiger charge is -2.07. The fourth-order valence-electron chi connectivity index (χ4n) is 1.23. The second-order valence-corrected chi connectivity index (χ2v) is 6.12. The predicted octanol–water partition coefficient (Wildman–Crippen LogP) is 1.36. The van der Waals surface area contributed by atoms with Crippen molar-refractivity contribution < 1.29 is 17.9 Å². The quantitative estimate of drug-likeness (QED) is 0.606. The molecular weight excluding hydrogens is 278 g/mol. The molecule has 0 unspecified atom stereocenters. The van der Waals surface area contributed by atoms with Gasteiger partial charge in [-0.25, -0.2) is 8.42 Å². The number of methoxy groups -OCH3 is 1. The number of nitrogens with two attached hydrogens (primary N) is 1. The van der Waals surface area contributed by atoms with Crippen LogP contribution in [0.15, 0.2) is 23.1 Å². The highest BCUT2D eigenvalue weighted by molar-refractivity contribution is 7.91. The molecule has 0 saturated carbocycles.